The maximum Gasteiger partial charge on any atom is 0.224 e. The number of rotatable bonds is 7. The molecule has 0 aliphatic heterocycles. The number of carbonyl (C=O) groups excluding carboxylic acids is 1. The SMILES string of the molecule is COCC(Cl)CCNC(=O)Cc1cccc(F)c1. The highest BCUT2D eigenvalue weighted by Crippen LogP contribution is 2.04. The van der Waals surface area contributed by atoms with E-state index in [1.807, 2.05) is 0 Å². The van der Waals surface area contributed by atoms with Gasteiger partial charge in [0.05, 0.1) is 18.4 Å². The van der Waals surface area contributed by atoms with Gasteiger partial charge in [-0.3, -0.25) is 4.79 Å². The van der Waals surface area contributed by atoms with E-state index in [0.29, 0.717) is 25.1 Å². The molecule has 0 fully saturated rings. The Morgan fingerprint density at radius 2 is 2.33 bits per heavy atom. The zero-order chi connectivity index (χ0) is 13.4. The lowest BCUT2D eigenvalue weighted by Gasteiger charge is -2.09. The van der Waals surface area contributed by atoms with E-state index in [2.05, 4.69) is 5.32 Å². The van der Waals surface area contributed by atoms with Gasteiger partial charge in [-0.1, -0.05) is 12.1 Å². The number of methoxy groups -OCH3 is 1. The molecule has 0 spiro atoms. The van der Waals surface area contributed by atoms with Gasteiger partial charge in [0.2, 0.25) is 5.91 Å². The molecule has 1 rings (SSSR count). The van der Waals surface area contributed by atoms with E-state index >= 15 is 0 Å². The van der Waals surface area contributed by atoms with Crippen molar-refractivity contribution in [1.29, 1.82) is 0 Å². The molecule has 1 aromatic carbocycles. The third-order valence-corrected chi connectivity index (χ3v) is 2.73. The third-order valence-electron chi connectivity index (χ3n) is 2.38. The Morgan fingerprint density at radius 3 is 3.00 bits per heavy atom. The Hall–Kier alpha value is -1.13. The highest BCUT2D eigenvalue weighted by atomic mass is 35.5. The Kier molecular flexibility index (Phi) is 6.68. The fourth-order valence-electron chi connectivity index (χ4n) is 1.53. The van der Waals surface area contributed by atoms with Crippen molar-refractivity contribution in [2.45, 2.75) is 18.2 Å². The van der Waals surface area contributed by atoms with Crippen LogP contribution in [0.5, 0.6) is 0 Å². The van der Waals surface area contributed by atoms with Crippen LogP contribution in [0.4, 0.5) is 4.39 Å². The van der Waals surface area contributed by atoms with Crippen molar-refractivity contribution in [3.63, 3.8) is 0 Å². The van der Waals surface area contributed by atoms with E-state index in [-0.39, 0.29) is 23.5 Å². The van der Waals surface area contributed by atoms with Gasteiger partial charge < -0.3 is 10.1 Å². The van der Waals surface area contributed by atoms with Crippen LogP contribution in [-0.4, -0.2) is 31.5 Å². The minimum Gasteiger partial charge on any atom is -0.383 e. The van der Waals surface area contributed by atoms with Gasteiger partial charge in [0.25, 0.3) is 0 Å². The molecule has 3 nitrogen and oxygen atoms in total. The van der Waals surface area contributed by atoms with Crippen LogP contribution in [0, 0.1) is 5.82 Å². The van der Waals surface area contributed by atoms with Crippen molar-refractivity contribution in [1.82, 2.24) is 5.32 Å². The molecule has 100 valence electrons. The Balaban J connectivity index is 2.25. The summed E-state index contributed by atoms with van der Waals surface area (Å²) in [5.41, 5.74) is 0.659. The lowest BCUT2D eigenvalue weighted by atomic mass is 10.1. The van der Waals surface area contributed by atoms with E-state index in [9.17, 15) is 9.18 Å². The standard InChI is InChI=1S/C13H17ClFNO2/c1-18-9-11(14)5-6-16-13(17)8-10-3-2-4-12(15)7-10/h2-4,7,11H,5-6,8-9H2,1H3,(H,16,17). The summed E-state index contributed by atoms with van der Waals surface area (Å²) in [4.78, 5) is 11.6. The van der Waals surface area contributed by atoms with E-state index in [1.54, 1.807) is 19.2 Å². The number of carbonyl (C=O) groups is 1. The smallest absolute Gasteiger partial charge is 0.224 e. The number of benzene rings is 1. The van der Waals surface area contributed by atoms with Gasteiger partial charge in [0, 0.05) is 13.7 Å². The molecule has 18 heavy (non-hydrogen) atoms. The first kappa shape index (κ1) is 14.9. The van der Waals surface area contributed by atoms with Crippen molar-refractivity contribution in [2.24, 2.45) is 0 Å². The zero-order valence-corrected chi connectivity index (χ0v) is 11.0. The van der Waals surface area contributed by atoms with Gasteiger partial charge in [-0.15, -0.1) is 11.6 Å². The first-order valence-electron chi connectivity index (χ1n) is 5.76. The molecule has 0 bridgehead atoms. The number of ether oxygens (including phenoxy) is 1. The number of nitrogens with one attached hydrogen (secondary N) is 1. The van der Waals surface area contributed by atoms with Gasteiger partial charge in [-0.2, -0.15) is 0 Å². The van der Waals surface area contributed by atoms with Crippen LogP contribution in [-0.2, 0) is 16.0 Å². The van der Waals surface area contributed by atoms with E-state index in [4.69, 9.17) is 16.3 Å². The van der Waals surface area contributed by atoms with Crippen molar-refractivity contribution < 1.29 is 13.9 Å². The van der Waals surface area contributed by atoms with E-state index in [0.717, 1.165) is 0 Å². The zero-order valence-electron chi connectivity index (χ0n) is 10.3. The Morgan fingerprint density at radius 1 is 1.56 bits per heavy atom. The molecule has 1 N–H and O–H groups in total. The van der Waals surface area contributed by atoms with E-state index in [1.165, 1.54) is 12.1 Å². The topological polar surface area (TPSA) is 38.3 Å². The summed E-state index contributed by atoms with van der Waals surface area (Å²) in [6.45, 7) is 0.951. The lowest BCUT2D eigenvalue weighted by molar-refractivity contribution is -0.120. The summed E-state index contributed by atoms with van der Waals surface area (Å²) < 4.78 is 17.8. The molecule has 0 aliphatic rings. The summed E-state index contributed by atoms with van der Waals surface area (Å²) in [5, 5.41) is 2.63. The fourth-order valence-corrected chi connectivity index (χ4v) is 1.76. The summed E-state index contributed by atoms with van der Waals surface area (Å²) in [6, 6.07) is 6.02. The number of halogens is 2. The normalized spacial score (nSPS) is 12.2. The Bertz CT molecular complexity index is 387. The van der Waals surface area contributed by atoms with Gasteiger partial charge in [0.1, 0.15) is 5.82 Å². The van der Waals surface area contributed by atoms with Crippen LogP contribution >= 0.6 is 11.6 Å². The molecule has 0 saturated heterocycles. The molecule has 1 aromatic rings. The van der Waals surface area contributed by atoms with Crippen LogP contribution in [0.2, 0.25) is 0 Å². The van der Waals surface area contributed by atoms with Gasteiger partial charge in [-0.05, 0) is 24.1 Å². The number of hydrogen-bond donors (Lipinski definition) is 1. The van der Waals surface area contributed by atoms with Crippen LogP contribution in [0.25, 0.3) is 0 Å². The molecular formula is C13H17ClFNO2. The summed E-state index contributed by atoms with van der Waals surface area (Å²) in [5.74, 6) is -0.469. The first-order valence-corrected chi connectivity index (χ1v) is 6.19. The van der Waals surface area contributed by atoms with E-state index < -0.39 is 0 Å². The number of alkyl halides is 1. The summed E-state index contributed by atoms with van der Waals surface area (Å²) >= 11 is 5.92. The molecule has 1 unspecified atom stereocenters. The molecule has 1 amide bonds. The molecule has 0 heterocycles. The van der Waals surface area contributed by atoms with Crippen molar-refractivity contribution in [3.05, 3.63) is 35.6 Å². The highest BCUT2D eigenvalue weighted by molar-refractivity contribution is 6.20. The maximum absolute atomic E-state index is 12.9. The lowest BCUT2D eigenvalue weighted by Crippen LogP contribution is -2.28. The number of hydrogen-bond acceptors (Lipinski definition) is 2. The summed E-state index contributed by atoms with van der Waals surface area (Å²) in [7, 11) is 1.58. The monoisotopic (exact) mass is 273 g/mol. The van der Waals surface area contributed by atoms with Crippen LogP contribution < -0.4 is 5.32 Å². The van der Waals surface area contributed by atoms with Gasteiger partial charge >= 0.3 is 0 Å². The van der Waals surface area contributed by atoms with Crippen LogP contribution in [0.15, 0.2) is 24.3 Å². The van der Waals surface area contributed by atoms with Crippen LogP contribution in [0.3, 0.4) is 0 Å². The minimum atomic E-state index is -0.332. The second kappa shape index (κ2) is 8.06. The highest BCUT2D eigenvalue weighted by Gasteiger charge is 2.06. The minimum absolute atomic E-state index is 0.107. The molecular weight excluding hydrogens is 257 g/mol. The molecule has 1 atom stereocenters. The average Bonchev–Trinajstić information content (AvgIpc) is 2.29. The predicted molar refractivity (Wildman–Crippen MR) is 69.2 cm³/mol. The van der Waals surface area contributed by atoms with Crippen molar-refractivity contribution >= 4 is 17.5 Å². The quantitative estimate of drug-likeness (QED) is 0.773. The summed E-state index contributed by atoms with van der Waals surface area (Å²) in [6.07, 6.45) is 0.819. The van der Waals surface area contributed by atoms with Gasteiger partial charge in [-0.25, -0.2) is 4.39 Å². The molecule has 0 saturated carbocycles. The largest absolute Gasteiger partial charge is 0.383 e. The second-order valence-electron chi connectivity index (χ2n) is 4.00. The van der Waals surface area contributed by atoms with Crippen LogP contribution in [0.1, 0.15) is 12.0 Å². The van der Waals surface area contributed by atoms with Crippen molar-refractivity contribution in [2.75, 3.05) is 20.3 Å². The third kappa shape index (κ3) is 5.98. The molecule has 0 aliphatic carbocycles. The van der Waals surface area contributed by atoms with Gasteiger partial charge in [0.15, 0.2) is 0 Å². The first-order chi connectivity index (χ1) is 8.61. The average molecular weight is 274 g/mol. The number of amides is 1. The van der Waals surface area contributed by atoms with Crippen molar-refractivity contribution in [3.8, 4) is 0 Å². The fraction of sp³-hybridized carbons (Fsp3) is 0.462. The Labute approximate surface area is 111 Å². The maximum atomic E-state index is 12.9. The molecule has 5 heteroatoms. The predicted octanol–water partition coefficient (Wildman–Crippen LogP) is 2.13. The second-order valence-corrected chi connectivity index (χ2v) is 4.62. The molecule has 0 radical (unpaired) electrons. The molecule has 0 aromatic heterocycles.